The van der Waals surface area contributed by atoms with E-state index in [2.05, 4.69) is 70.4 Å². The number of nitrogens with zero attached hydrogens (tertiary/aromatic N) is 2. The van der Waals surface area contributed by atoms with Gasteiger partial charge < -0.3 is 37.2 Å². The number of hydrogen-bond donors (Lipinski definition) is 1. The summed E-state index contributed by atoms with van der Waals surface area (Å²) in [4.78, 5) is 5.02. The first-order valence-electron chi connectivity index (χ1n) is 7.23. The van der Waals surface area contributed by atoms with Gasteiger partial charge in [-0.15, -0.1) is 0 Å². The van der Waals surface area contributed by atoms with Crippen molar-refractivity contribution in [2.75, 3.05) is 33.7 Å². The van der Waals surface area contributed by atoms with Gasteiger partial charge in [0.15, 0.2) is 0 Å². The second kappa shape index (κ2) is 12.8. The zero-order valence-corrected chi connectivity index (χ0v) is 17.8. The maximum Gasteiger partial charge on any atom is -1.00 e. The Morgan fingerprint density at radius 3 is 2.19 bits per heavy atom. The molecule has 0 saturated carbocycles. The largest absolute Gasteiger partial charge is 1.00 e. The van der Waals surface area contributed by atoms with Crippen molar-refractivity contribution < 1.29 is 57.7 Å². The van der Waals surface area contributed by atoms with E-state index in [9.17, 15) is 0 Å². The van der Waals surface area contributed by atoms with Gasteiger partial charge in [-0.1, -0.05) is 0 Å². The second-order valence-corrected chi connectivity index (χ2v) is 7.89. The molecule has 3 unspecified atom stereocenters. The molecule has 3 nitrogen and oxygen atoms in total. The summed E-state index contributed by atoms with van der Waals surface area (Å²) in [5, 5.41) is 3.66. The predicted molar refractivity (Wildman–Crippen MR) is 74.4 cm³/mol. The van der Waals surface area contributed by atoms with Crippen LogP contribution in [0.3, 0.4) is 0 Å². The molecule has 3 atom stereocenters. The summed E-state index contributed by atoms with van der Waals surface area (Å²) in [6.45, 7) is 10.5. The average molecular weight is 395 g/mol. The Morgan fingerprint density at radius 2 is 1.62 bits per heavy atom. The molecular formula is C14H30Cl3N3Ti. The summed E-state index contributed by atoms with van der Waals surface area (Å²) >= 11 is 2.36. The van der Waals surface area contributed by atoms with E-state index >= 15 is 0 Å². The standard InChI is InChI=1S/C14H30N3.3ClH.Ti/c1-12-7-10-16(4)14(3)8-11-17(5)13(2)6-9-15-12;;;;/h12,14-15H,6-11H2,1-5H3;3*1H;/q;;;;+3/p-3. The first-order chi connectivity index (χ1) is 8.33. The fraction of sp³-hybridized carbons (Fsp3) is 1.00. The molecule has 0 aliphatic carbocycles. The van der Waals surface area contributed by atoms with Crippen LogP contribution in [0, 0.1) is 0 Å². The van der Waals surface area contributed by atoms with E-state index in [1.807, 2.05) is 0 Å². The molecule has 1 aliphatic heterocycles. The van der Waals surface area contributed by atoms with E-state index < -0.39 is 0 Å². The van der Waals surface area contributed by atoms with Crippen molar-refractivity contribution in [1.29, 1.82) is 0 Å². The van der Waals surface area contributed by atoms with Gasteiger partial charge in [0.2, 0.25) is 0 Å². The minimum absolute atomic E-state index is 0. The smallest absolute Gasteiger partial charge is 1.00 e. The summed E-state index contributed by atoms with van der Waals surface area (Å²) in [6, 6.07) is 1.30. The van der Waals surface area contributed by atoms with Crippen molar-refractivity contribution in [3.63, 3.8) is 0 Å². The van der Waals surface area contributed by atoms with Gasteiger partial charge in [0.1, 0.15) is 0 Å². The van der Waals surface area contributed by atoms with E-state index in [4.69, 9.17) is 0 Å². The van der Waals surface area contributed by atoms with Crippen molar-refractivity contribution in [3.8, 4) is 0 Å². The third-order valence-electron chi connectivity index (χ3n) is 4.50. The molecular weight excluding hydrogens is 364 g/mol. The second-order valence-electron chi connectivity index (χ2n) is 6.21. The molecule has 0 radical (unpaired) electrons. The number of nitrogens with one attached hydrogen (secondary N) is 1. The third kappa shape index (κ3) is 10.0. The van der Waals surface area contributed by atoms with Crippen LogP contribution in [0.5, 0.6) is 0 Å². The Kier molecular flexibility index (Phi) is 16.7. The maximum absolute atomic E-state index is 3.66. The fourth-order valence-electron chi connectivity index (χ4n) is 2.32. The van der Waals surface area contributed by atoms with Crippen molar-refractivity contribution in [1.82, 2.24) is 15.1 Å². The van der Waals surface area contributed by atoms with Gasteiger partial charge in [-0.2, -0.15) is 0 Å². The first kappa shape index (κ1) is 27.3. The molecule has 7 heteroatoms. The Balaban J connectivity index is -0.00000108. The van der Waals surface area contributed by atoms with Crippen molar-refractivity contribution in [3.05, 3.63) is 0 Å². The van der Waals surface area contributed by atoms with Gasteiger partial charge >= 0.3 is 125 Å². The third-order valence-corrected chi connectivity index (χ3v) is 5.48. The normalized spacial score (nSPS) is 33.5. The molecule has 0 aromatic carbocycles. The van der Waals surface area contributed by atoms with Gasteiger partial charge in [0, 0.05) is 0 Å². The molecule has 1 N–H and O–H groups in total. The van der Waals surface area contributed by atoms with E-state index in [1.165, 1.54) is 32.4 Å². The summed E-state index contributed by atoms with van der Waals surface area (Å²) in [5.41, 5.74) is 0. The van der Waals surface area contributed by atoms with E-state index in [0.717, 1.165) is 6.54 Å². The van der Waals surface area contributed by atoms with Gasteiger partial charge in [-0.05, 0) is 0 Å². The molecule has 126 valence electrons. The molecule has 0 spiro atoms. The summed E-state index contributed by atoms with van der Waals surface area (Å²) in [7, 11) is 4.52. The SMILES string of the molecule is CC1CCN(C)C(C)CCN(C)[C](C)([Ti+3])CCN1.[Cl-].[Cl-].[Cl-]. The van der Waals surface area contributed by atoms with Crippen molar-refractivity contribution >= 4 is 0 Å². The molecule has 21 heavy (non-hydrogen) atoms. The van der Waals surface area contributed by atoms with Crippen LogP contribution in [-0.2, 0) is 20.4 Å². The molecule has 0 bridgehead atoms. The molecule has 0 aromatic rings. The number of halogens is 3. The van der Waals surface area contributed by atoms with E-state index in [1.54, 1.807) is 0 Å². The van der Waals surface area contributed by atoms with Crippen LogP contribution in [0.2, 0.25) is 0 Å². The Labute approximate surface area is 162 Å². The summed E-state index contributed by atoms with van der Waals surface area (Å²) < 4.78 is 0.296. The molecule has 1 fully saturated rings. The summed E-state index contributed by atoms with van der Waals surface area (Å²) in [6.07, 6.45) is 3.73. The summed E-state index contributed by atoms with van der Waals surface area (Å²) in [5.74, 6) is 0. The Hall–Kier alpha value is 1.46. The van der Waals surface area contributed by atoms with Gasteiger partial charge in [-0.25, -0.2) is 0 Å². The average Bonchev–Trinajstić information content (AvgIpc) is 2.31. The Morgan fingerprint density at radius 1 is 1.05 bits per heavy atom. The molecule has 0 amide bonds. The van der Waals surface area contributed by atoms with Crippen LogP contribution in [0.15, 0.2) is 0 Å². The Bertz CT molecular complexity index is 258. The minimum Gasteiger partial charge on any atom is -1.00 e. The molecule has 1 rings (SSSR count). The van der Waals surface area contributed by atoms with Crippen LogP contribution in [-0.4, -0.2) is 59.5 Å². The minimum atomic E-state index is 0. The fourth-order valence-corrected chi connectivity index (χ4v) is 2.69. The van der Waals surface area contributed by atoms with Gasteiger partial charge in [0.25, 0.3) is 0 Å². The maximum atomic E-state index is 3.66. The number of rotatable bonds is 0. The van der Waals surface area contributed by atoms with Crippen LogP contribution >= 0.6 is 0 Å². The number of hydrogen-bond acceptors (Lipinski definition) is 3. The molecule has 1 aliphatic rings. The van der Waals surface area contributed by atoms with E-state index in [0.29, 0.717) is 15.9 Å². The van der Waals surface area contributed by atoms with Crippen molar-refractivity contribution in [2.24, 2.45) is 0 Å². The van der Waals surface area contributed by atoms with Gasteiger partial charge in [0.05, 0.1) is 0 Å². The van der Waals surface area contributed by atoms with E-state index in [-0.39, 0.29) is 37.2 Å². The molecule has 0 aromatic heterocycles. The predicted octanol–water partition coefficient (Wildman–Crippen LogP) is -7.32. The zero-order valence-electron chi connectivity index (χ0n) is 13.9. The van der Waals surface area contributed by atoms with Crippen LogP contribution in [0.1, 0.15) is 40.0 Å². The van der Waals surface area contributed by atoms with Gasteiger partial charge in [-0.3, -0.25) is 0 Å². The molecule has 1 heterocycles. The van der Waals surface area contributed by atoms with Crippen LogP contribution in [0.4, 0.5) is 0 Å². The quantitative estimate of drug-likeness (QED) is 0.412. The van der Waals surface area contributed by atoms with Crippen LogP contribution in [0.25, 0.3) is 0 Å². The van der Waals surface area contributed by atoms with Crippen LogP contribution < -0.4 is 42.5 Å². The topological polar surface area (TPSA) is 18.5 Å². The first-order valence-corrected chi connectivity index (χ1v) is 8.01. The monoisotopic (exact) mass is 393 g/mol. The zero-order chi connectivity index (χ0) is 13.8. The van der Waals surface area contributed by atoms with Crippen molar-refractivity contribution in [2.45, 2.75) is 56.0 Å². The molecule has 1 saturated heterocycles.